The second-order valence-electron chi connectivity index (χ2n) is 8.58. The fourth-order valence-corrected chi connectivity index (χ4v) is 4.76. The van der Waals surface area contributed by atoms with Crippen molar-refractivity contribution in [2.24, 2.45) is 16.8 Å². The molecule has 3 aliphatic heterocycles. The summed E-state index contributed by atoms with van der Waals surface area (Å²) < 4.78 is 5.20. The van der Waals surface area contributed by atoms with Crippen LogP contribution in [-0.2, 0) is 4.74 Å². The Morgan fingerprint density at radius 3 is 2.39 bits per heavy atom. The van der Waals surface area contributed by atoms with E-state index in [-0.39, 0.29) is 24.0 Å². The van der Waals surface area contributed by atoms with E-state index in [2.05, 4.69) is 26.9 Å². The minimum absolute atomic E-state index is 0. The maximum Gasteiger partial charge on any atom is 0.193 e. The predicted molar refractivity (Wildman–Crippen MR) is 128 cm³/mol. The number of piperidine rings is 1. The monoisotopic (exact) mass is 507 g/mol. The number of rotatable bonds is 8. The number of hydrogen-bond donors (Lipinski definition) is 1. The minimum Gasteiger partial charge on any atom is -0.383 e. The third-order valence-electron chi connectivity index (χ3n) is 6.45. The molecule has 3 saturated heterocycles. The molecule has 3 fully saturated rings. The molecular weight excluding hydrogens is 465 g/mol. The SMILES string of the molecule is CCNC(=NCC1CCN(CCOC)CC1)N1CCC(CN2CCCC2)C1.I. The van der Waals surface area contributed by atoms with Gasteiger partial charge >= 0.3 is 0 Å². The topological polar surface area (TPSA) is 43.3 Å². The fraction of sp³-hybridized carbons (Fsp3) is 0.952. The van der Waals surface area contributed by atoms with Crippen molar-refractivity contribution in [2.45, 2.75) is 39.0 Å². The smallest absolute Gasteiger partial charge is 0.193 e. The van der Waals surface area contributed by atoms with Gasteiger partial charge < -0.3 is 24.8 Å². The van der Waals surface area contributed by atoms with Crippen LogP contribution in [0.5, 0.6) is 0 Å². The molecule has 0 aromatic carbocycles. The highest BCUT2D eigenvalue weighted by atomic mass is 127. The average molecular weight is 508 g/mol. The van der Waals surface area contributed by atoms with Crippen LogP contribution in [0.1, 0.15) is 39.0 Å². The number of nitrogens with zero attached hydrogens (tertiary/aromatic N) is 4. The van der Waals surface area contributed by atoms with Crippen molar-refractivity contribution in [1.82, 2.24) is 20.0 Å². The summed E-state index contributed by atoms with van der Waals surface area (Å²) in [5, 5.41) is 3.55. The Balaban J connectivity index is 0.00000280. The van der Waals surface area contributed by atoms with Crippen molar-refractivity contribution in [2.75, 3.05) is 79.2 Å². The van der Waals surface area contributed by atoms with Gasteiger partial charge in [0, 0.05) is 46.4 Å². The summed E-state index contributed by atoms with van der Waals surface area (Å²) in [6.45, 7) is 14.7. The Kier molecular flexibility index (Phi) is 11.4. The predicted octanol–water partition coefficient (Wildman–Crippen LogP) is 2.35. The van der Waals surface area contributed by atoms with Crippen molar-refractivity contribution in [3.05, 3.63) is 0 Å². The van der Waals surface area contributed by atoms with E-state index in [1.807, 2.05) is 0 Å². The summed E-state index contributed by atoms with van der Waals surface area (Å²) in [6.07, 6.45) is 6.64. The van der Waals surface area contributed by atoms with Crippen LogP contribution in [0.4, 0.5) is 0 Å². The Labute approximate surface area is 189 Å². The van der Waals surface area contributed by atoms with E-state index >= 15 is 0 Å². The number of methoxy groups -OCH3 is 1. The van der Waals surface area contributed by atoms with E-state index in [1.54, 1.807) is 7.11 Å². The van der Waals surface area contributed by atoms with Gasteiger partial charge in [0.15, 0.2) is 5.96 Å². The van der Waals surface area contributed by atoms with Crippen molar-refractivity contribution >= 4 is 29.9 Å². The molecule has 1 unspecified atom stereocenters. The fourth-order valence-electron chi connectivity index (χ4n) is 4.76. The largest absolute Gasteiger partial charge is 0.383 e. The number of ether oxygens (including phenoxy) is 1. The number of halogens is 1. The number of aliphatic imine (C=N–C) groups is 1. The maximum atomic E-state index is 5.20. The van der Waals surface area contributed by atoms with E-state index in [0.29, 0.717) is 0 Å². The van der Waals surface area contributed by atoms with Gasteiger partial charge in [-0.2, -0.15) is 0 Å². The molecule has 0 radical (unpaired) electrons. The molecule has 28 heavy (non-hydrogen) atoms. The van der Waals surface area contributed by atoms with Crippen molar-refractivity contribution < 1.29 is 4.74 Å². The molecule has 164 valence electrons. The van der Waals surface area contributed by atoms with Gasteiger partial charge in [-0.1, -0.05) is 0 Å². The van der Waals surface area contributed by atoms with Crippen LogP contribution in [0.3, 0.4) is 0 Å². The van der Waals surface area contributed by atoms with Gasteiger partial charge in [-0.05, 0) is 77.0 Å². The average Bonchev–Trinajstić information content (AvgIpc) is 3.37. The lowest BCUT2D eigenvalue weighted by molar-refractivity contribution is 0.121. The number of nitrogens with one attached hydrogen (secondary N) is 1. The van der Waals surface area contributed by atoms with Crippen molar-refractivity contribution in [3.63, 3.8) is 0 Å². The second-order valence-corrected chi connectivity index (χ2v) is 8.58. The zero-order valence-electron chi connectivity index (χ0n) is 18.1. The van der Waals surface area contributed by atoms with E-state index in [4.69, 9.17) is 9.73 Å². The molecule has 0 aliphatic carbocycles. The van der Waals surface area contributed by atoms with Crippen molar-refractivity contribution in [1.29, 1.82) is 0 Å². The van der Waals surface area contributed by atoms with Crippen LogP contribution >= 0.6 is 24.0 Å². The first-order chi connectivity index (χ1) is 13.3. The summed E-state index contributed by atoms with van der Waals surface area (Å²) in [5.41, 5.74) is 0. The third kappa shape index (κ3) is 7.61. The molecule has 0 aromatic rings. The first kappa shape index (κ1) is 24.2. The molecule has 0 saturated carbocycles. The number of likely N-dealkylation sites (tertiary alicyclic amines) is 3. The Bertz CT molecular complexity index is 450. The first-order valence-electron chi connectivity index (χ1n) is 11.3. The summed E-state index contributed by atoms with van der Waals surface area (Å²) >= 11 is 0. The lowest BCUT2D eigenvalue weighted by Gasteiger charge is -2.31. The summed E-state index contributed by atoms with van der Waals surface area (Å²) in [7, 11) is 1.79. The molecule has 1 atom stereocenters. The molecule has 3 rings (SSSR count). The molecule has 0 aromatic heterocycles. The number of hydrogen-bond acceptors (Lipinski definition) is 4. The highest BCUT2D eigenvalue weighted by molar-refractivity contribution is 14.0. The molecule has 3 heterocycles. The zero-order valence-corrected chi connectivity index (χ0v) is 20.4. The maximum absolute atomic E-state index is 5.20. The van der Waals surface area contributed by atoms with Crippen LogP contribution in [-0.4, -0.2) is 99.8 Å². The lowest BCUT2D eigenvalue weighted by Crippen LogP contribution is -2.41. The molecule has 3 aliphatic rings. The molecular formula is C21H42IN5O. The van der Waals surface area contributed by atoms with Gasteiger partial charge in [-0.3, -0.25) is 4.99 Å². The lowest BCUT2D eigenvalue weighted by atomic mass is 9.97. The Hall–Kier alpha value is -0.120. The van der Waals surface area contributed by atoms with Crippen LogP contribution in [0.2, 0.25) is 0 Å². The molecule has 6 nitrogen and oxygen atoms in total. The Morgan fingerprint density at radius 1 is 1.00 bits per heavy atom. The van der Waals surface area contributed by atoms with Gasteiger partial charge in [-0.25, -0.2) is 0 Å². The van der Waals surface area contributed by atoms with E-state index in [9.17, 15) is 0 Å². The highest BCUT2D eigenvalue weighted by Crippen LogP contribution is 2.21. The second kappa shape index (κ2) is 13.2. The van der Waals surface area contributed by atoms with Gasteiger partial charge in [0.2, 0.25) is 0 Å². The highest BCUT2D eigenvalue weighted by Gasteiger charge is 2.27. The van der Waals surface area contributed by atoms with Gasteiger partial charge in [0.25, 0.3) is 0 Å². The third-order valence-corrected chi connectivity index (χ3v) is 6.45. The van der Waals surface area contributed by atoms with E-state index in [1.165, 1.54) is 77.9 Å². The quantitative estimate of drug-likeness (QED) is 0.311. The van der Waals surface area contributed by atoms with Crippen LogP contribution in [0, 0.1) is 11.8 Å². The Morgan fingerprint density at radius 2 is 1.71 bits per heavy atom. The molecule has 7 heteroatoms. The van der Waals surface area contributed by atoms with Gasteiger partial charge in [-0.15, -0.1) is 24.0 Å². The van der Waals surface area contributed by atoms with Crippen LogP contribution in [0.25, 0.3) is 0 Å². The zero-order chi connectivity index (χ0) is 18.9. The summed E-state index contributed by atoms with van der Waals surface area (Å²) in [4.78, 5) is 12.7. The summed E-state index contributed by atoms with van der Waals surface area (Å²) in [5.74, 6) is 2.71. The summed E-state index contributed by atoms with van der Waals surface area (Å²) in [6, 6.07) is 0. The van der Waals surface area contributed by atoms with Gasteiger partial charge in [0.05, 0.1) is 6.61 Å². The first-order valence-corrected chi connectivity index (χ1v) is 11.3. The van der Waals surface area contributed by atoms with E-state index < -0.39 is 0 Å². The van der Waals surface area contributed by atoms with Crippen LogP contribution < -0.4 is 5.32 Å². The normalized spacial score (nSPS) is 25.3. The molecule has 0 spiro atoms. The molecule has 0 bridgehead atoms. The standard InChI is InChI=1S/C21H41N5O.HI/c1-3-22-21(23-16-19-6-11-24(12-7-19)14-15-27-2)26-13-8-20(18-26)17-25-9-4-5-10-25;/h19-20H,3-18H2,1-2H3,(H,22,23);1H. The molecule has 1 N–H and O–H groups in total. The van der Waals surface area contributed by atoms with E-state index in [0.717, 1.165) is 44.0 Å². The van der Waals surface area contributed by atoms with Crippen LogP contribution in [0.15, 0.2) is 4.99 Å². The minimum atomic E-state index is 0. The van der Waals surface area contributed by atoms with Crippen molar-refractivity contribution in [3.8, 4) is 0 Å². The molecule has 0 amide bonds. The van der Waals surface area contributed by atoms with Gasteiger partial charge in [0.1, 0.15) is 0 Å². The number of guanidine groups is 1.